The largest absolute Gasteiger partial charge is 0.347 e. The van der Waals surface area contributed by atoms with E-state index in [0.717, 1.165) is 5.56 Å². The Balaban J connectivity index is 1.63. The lowest BCUT2D eigenvalue weighted by molar-refractivity contribution is 0.0944. The van der Waals surface area contributed by atoms with E-state index >= 15 is 0 Å². The van der Waals surface area contributed by atoms with Gasteiger partial charge in [0.15, 0.2) is 5.69 Å². The Hall–Kier alpha value is -2.93. The van der Waals surface area contributed by atoms with Crippen LogP contribution in [0.3, 0.4) is 0 Å². The number of hydrogen-bond acceptors (Lipinski definition) is 4. The summed E-state index contributed by atoms with van der Waals surface area (Å²) < 4.78 is 1.48. The van der Waals surface area contributed by atoms with Crippen LogP contribution in [-0.2, 0) is 13.6 Å². The molecule has 0 saturated heterocycles. The Bertz CT molecular complexity index is 882. The molecule has 2 N–H and O–H groups in total. The van der Waals surface area contributed by atoms with Gasteiger partial charge in [-0.3, -0.25) is 14.3 Å². The molecule has 0 bridgehead atoms. The molecule has 1 aromatic carbocycles. The fraction of sp³-hybridized carbons (Fsp3) is 0.167. The van der Waals surface area contributed by atoms with Crippen molar-refractivity contribution in [1.82, 2.24) is 15.1 Å². The van der Waals surface area contributed by atoms with Gasteiger partial charge < -0.3 is 10.6 Å². The van der Waals surface area contributed by atoms with Gasteiger partial charge in [0, 0.05) is 19.7 Å². The van der Waals surface area contributed by atoms with Crippen LogP contribution in [0.2, 0.25) is 0 Å². The fourth-order valence-electron chi connectivity index (χ4n) is 2.26. The summed E-state index contributed by atoms with van der Waals surface area (Å²) in [6, 6.07) is 13.1. The molecule has 2 heterocycles. The van der Waals surface area contributed by atoms with Crippen molar-refractivity contribution in [3.05, 3.63) is 69.5 Å². The molecule has 0 aliphatic carbocycles. The molecule has 2 amide bonds. The zero-order valence-electron chi connectivity index (χ0n) is 13.9. The van der Waals surface area contributed by atoms with Crippen LogP contribution < -0.4 is 10.6 Å². The van der Waals surface area contributed by atoms with Crippen molar-refractivity contribution in [1.29, 1.82) is 0 Å². The van der Waals surface area contributed by atoms with Crippen LogP contribution in [0.1, 0.15) is 31.3 Å². The van der Waals surface area contributed by atoms with Gasteiger partial charge in [-0.2, -0.15) is 5.10 Å². The van der Waals surface area contributed by atoms with Crippen LogP contribution in [0.25, 0.3) is 0 Å². The first-order valence-corrected chi connectivity index (χ1v) is 8.63. The maximum atomic E-state index is 12.3. The van der Waals surface area contributed by atoms with Crippen LogP contribution in [0.15, 0.2) is 47.8 Å². The first-order chi connectivity index (χ1) is 12.0. The van der Waals surface area contributed by atoms with Crippen molar-refractivity contribution in [3.63, 3.8) is 0 Å². The summed E-state index contributed by atoms with van der Waals surface area (Å²) in [5.41, 5.74) is 2.45. The average Bonchev–Trinajstić information content (AvgIpc) is 3.25. The highest BCUT2D eigenvalue weighted by molar-refractivity contribution is 7.12. The topological polar surface area (TPSA) is 76.0 Å². The molecule has 25 heavy (non-hydrogen) atoms. The van der Waals surface area contributed by atoms with Crippen LogP contribution in [0, 0.1) is 6.92 Å². The molecule has 3 rings (SSSR count). The van der Waals surface area contributed by atoms with Gasteiger partial charge in [0.25, 0.3) is 11.8 Å². The molecule has 0 radical (unpaired) electrons. The van der Waals surface area contributed by atoms with E-state index in [1.54, 1.807) is 19.2 Å². The smallest absolute Gasteiger partial charge is 0.272 e. The van der Waals surface area contributed by atoms with Gasteiger partial charge in [-0.1, -0.05) is 35.9 Å². The minimum absolute atomic E-state index is 0.218. The molecule has 0 spiro atoms. The lowest BCUT2D eigenvalue weighted by Crippen LogP contribution is -2.23. The molecule has 0 saturated carbocycles. The van der Waals surface area contributed by atoms with Gasteiger partial charge in [-0.05, 0) is 23.9 Å². The fourth-order valence-corrected chi connectivity index (χ4v) is 2.88. The maximum absolute atomic E-state index is 12.3. The van der Waals surface area contributed by atoms with Gasteiger partial charge in [0.05, 0.1) is 4.88 Å². The molecule has 0 fully saturated rings. The Kier molecular flexibility index (Phi) is 4.95. The van der Waals surface area contributed by atoms with Crippen molar-refractivity contribution in [2.75, 3.05) is 5.32 Å². The van der Waals surface area contributed by atoms with Gasteiger partial charge in [-0.15, -0.1) is 11.3 Å². The summed E-state index contributed by atoms with van der Waals surface area (Å²) in [4.78, 5) is 25.0. The zero-order valence-corrected chi connectivity index (χ0v) is 14.8. The molecule has 2 aromatic heterocycles. The van der Waals surface area contributed by atoms with Crippen molar-refractivity contribution >= 4 is 29.0 Å². The Morgan fingerprint density at radius 1 is 1.16 bits per heavy atom. The lowest BCUT2D eigenvalue weighted by Gasteiger charge is -2.03. The maximum Gasteiger partial charge on any atom is 0.272 e. The van der Waals surface area contributed by atoms with Crippen LogP contribution in [0.5, 0.6) is 0 Å². The normalized spacial score (nSPS) is 10.5. The molecule has 6 nitrogen and oxygen atoms in total. The first kappa shape index (κ1) is 16.9. The second kappa shape index (κ2) is 7.31. The number of rotatable bonds is 5. The number of carbonyl (C=O) groups excluding carboxylic acids is 2. The van der Waals surface area contributed by atoms with E-state index in [1.807, 2.05) is 42.6 Å². The van der Waals surface area contributed by atoms with E-state index in [0.29, 0.717) is 17.2 Å². The number of hydrogen-bond donors (Lipinski definition) is 2. The summed E-state index contributed by atoms with van der Waals surface area (Å²) in [5.74, 6) is -0.0312. The van der Waals surface area contributed by atoms with Gasteiger partial charge in [0.1, 0.15) is 5.82 Å². The molecule has 0 atom stereocenters. The molecular formula is C18H18N4O2S. The zero-order chi connectivity index (χ0) is 17.8. The Morgan fingerprint density at radius 2 is 1.92 bits per heavy atom. The van der Waals surface area contributed by atoms with Crippen molar-refractivity contribution in [2.24, 2.45) is 7.05 Å². The van der Waals surface area contributed by atoms with Gasteiger partial charge in [0.2, 0.25) is 0 Å². The van der Waals surface area contributed by atoms with E-state index in [4.69, 9.17) is 0 Å². The number of carbonyl (C=O) groups is 2. The number of nitrogens with zero attached hydrogens (tertiary/aromatic N) is 2. The van der Waals surface area contributed by atoms with Crippen LogP contribution in [0.4, 0.5) is 5.82 Å². The third kappa shape index (κ3) is 4.13. The molecule has 3 aromatic rings. The summed E-state index contributed by atoms with van der Waals surface area (Å²) >= 11 is 1.35. The predicted octanol–water partition coefficient (Wildman–Crippen LogP) is 2.97. The molecule has 128 valence electrons. The van der Waals surface area contributed by atoms with Crippen LogP contribution in [-0.4, -0.2) is 21.6 Å². The molecular weight excluding hydrogens is 336 g/mol. The number of amides is 2. The van der Waals surface area contributed by atoms with Gasteiger partial charge >= 0.3 is 0 Å². The van der Waals surface area contributed by atoms with E-state index in [1.165, 1.54) is 21.6 Å². The SMILES string of the molecule is Cc1ccc(CNC(=O)c2cc(NC(=O)c3cccs3)n(C)n2)cc1. The van der Waals surface area contributed by atoms with Crippen LogP contribution >= 0.6 is 11.3 Å². The summed E-state index contributed by atoms with van der Waals surface area (Å²) in [7, 11) is 1.68. The van der Waals surface area contributed by atoms with Gasteiger partial charge in [-0.25, -0.2) is 0 Å². The highest BCUT2D eigenvalue weighted by Gasteiger charge is 2.15. The summed E-state index contributed by atoms with van der Waals surface area (Å²) in [6.07, 6.45) is 0. The minimum Gasteiger partial charge on any atom is -0.347 e. The molecule has 0 unspecified atom stereocenters. The predicted molar refractivity (Wildman–Crippen MR) is 97.8 cm³/mol. The summed E-state index contributed by atoms with van der Waals surface area (Å²) in [6.45, 7) is 2.44. The van der Waals surface area contributed by atoms with Crippen molar-refractivity contribution in [2.45, 2.75) is 13.5 Å². The first-order valence-electron chi connectivity index (χ1n) is 7.75. The Morgan fingerprint density at radius 3 is 2.60 bits per heavy atom. The van der Waals surface area contributed by atoms with E-state index in [2.05, 4.69) is 15.7 Å². The molecule has 0 aliphatic rings. The second-order valence-corrected chi connectivity index (χ2v) is 6.59. The lowest BCUT2D eigenvalue weighted by atomic mass is 10.1. The van der Waals surface area contributed by atoms with Crippen molar-refractivity contribution < 1.29 is 9.59 Å². The molecule has 0 aliphatic heterocycles. The third-order valence-corrected chi connectivity index (χ3v) is 4.54. The summed E-state index contributed by atoms with van der Waals surface area (Å²) in [5, 5.41) is 11.6. The number of nitrogens with one attached hydrogen (secondary N) is 2. The second-order valence-electron chi connectivity index (χ2n) is 5.64. The quantitative estimate of drug-likeness (QED) is 0.739. The Labute approximate surface area is 149 Å². The van der Waals surface area contributed by atoms with E-state index in [9.17, 15) is 9.59 Å². The number of aromatic nitrogens is 2. The number of thiophene rings is 1. The third-order valence-electron chi connectivity index (χ3n) is 3.67. The highest BCUT2D eigenvalue weighted by Crippen LogP contribution is 2.14. The standard InChI is InChI=1S/C18H18N4O2S/c1-12-5-7-13(8-6-12)11-19-17(23)14-10-16(22(2)21-14)20-18(24)15-4-3-9-25-15/h3-10H,11H2,1-2H3,(H,19,23)(H,20,24). The van der Waals surface area contributed by atoms with E-state index < -0.39 is 0 Å². The number of anilines is 1. The number of aryl methyl sites for hydroxylation is 2. The average molecular weight is 354 g/mol. The monoisotopic (exact) mass is 354 g/mol. The van der Waals surface area contributed by atoms with E-state index in [-0.39, 0.29) is 17.5 Å². The highest BCUT2D eigenvalue weighted by atomic mass is 32.1. The van der Waals surface area contributed by atoms with Crippen molar-refractivity contribution in [3.8, 4) is 0 Å². The minimum atomic E-state index is -0.284. The molecule has 7 heteroatoms. The number of benzene rings is 1.